The van der Waals surface area contributed by atoms with E-state index in [0.717, 1.165) is 4.90 Å². The van der Waals surface area contributed by atoms with Crippen LogP contribution in [0, 0.1) is 22.7 Å². The molecule has 18 heavy (non-hydrogen) atoms. The smallest absolute Gasteiger partial charge is 0.257 e. The van der Waals surface area contributed by atoms with Gasteiger partial charge in [0.15, 0.2) is 0 Å². The van der Waals surface area contributed by atoms with Crippen LogP contribution in [-0.4, -0.2) is 23.9 Å². The van der Waals surface area contributed by atoms with Gasteiger partial charge in [-0.1, -0.05) is 23.2 Å². The lowest BCUT2D eigenvalue weighted by molar-refractivity contribution is 0.0795. The average molecular weight is 283 g/mol. The molecule has 5 nitrogen and oxygen atoms in total. The van der Waals surface area contributed by atoms with E-state index in [9.17, 15) is 4.79 Å². The molecule has 1 rings (SSSR count). The van der Waals surface area contributed by atoms with E-state index in [1.165, 1.54) is 12.1 Å². The lowest BCUT2D eigenvalue weighted by Crippen LogP contribution is -2.32. The van der Waals surface area contributed by atoms with Crippen LogP contribution in [0.1, 0.15) is 10.4 Å². The van der Waals surface area contributed by atoms with Gasteiger partial charge in [-0.2, -0.15) is 10.5 Å². The standard InChI is InChI=1S/C11H8Cl2N4O/c12-9-6-7(16)5-8(10(9)13)11(18)17(3-1-14)4-2-15/h5-6H,3-4,16H2. The van der Waals surface area contributed by atoms with Gasteiger partial charge in [-0.3, -0.25) is 4.79 Å². The first-order valence-electron chi connectivity index (χ1n) is 4.79. The van der Waals surface area contributed by atoms with Crippen LogP contribution in [-0.2, 0) is 0 Å². The molecule has 0 aromatic heterocycles. The zero-order chi connectivity index (χ0) is 13.7. The van der Waals surface area contributed by atoms with Gasteiger partial charge < -0.3 is 10.6 Å². The number of nitrogen functional groups attached to an aromatic ring is 1. The predicted molar refractivity (Wildman–Crippen MR) is 68.0 cm³/mol. The number of nitrogens with zero attached hydrogens (tertiary/aromatic N) is 3. The van der Waals surface area contributed by atoms with Crippen molar-refractivity contribution >= 4 is 34.8 Å². The maximum Gasteiger partial charge on any atom is 0.257 e. The van der Waals surface area contributed by atoms with Crippen molar-refractivity contribution in [3.63, 3.8) is 0 Å². The zero-order valence-electron chi connectivity index (χ0n) is 9.15. The molecular formula is C11H8Cl2N4O. The Balaban J connectivity index is 3.17. The molecule has 0 aliphatic heterocycles. The summed E-state index contributed by atoms with van der Waals surface area (Å²) < 4.78 is 0. The van der Waals surface area contributed by atoms with Gasteiger partial charge in [0.2, 0.25) is 0 Å². The summed E-state index contributed by atoms with van der Waals surface area (Å²) in [5, 5.41) is 17.4. The highest BCUT2D eigenvalue weighted by Crippen LogP contribution is 2.29. The third-order valence-electron chi connectivity index (χ3n) is 2.09. The summed E-state index contributed by atoms with van der Waals surface area (Å²) in [4.78, 5) is 13.1. The number of carbonyl (C=O) groups is 1. The van der Waals surface area contributed by atoms with Crippen LogP contribution in [0.2, 0.25) is 10.0 Å². The summed E-state index contributed by atoms with van der Waals surface area (Å²) in [6, 6.07) is 6.37. The molecule has 92 valence electrons. The van der Waals surface area contributed by atoms with Gasteiger partial charge >= 0.3 is 0 Å². The molecule has 0 saturated heterocycles. The summed E-state index contributed by atoms with van der Waals surface area (Å²) in [7, 11) is 0. The molecule has 0 aliphatic rings. The minimum absolute atomic E-state index is 0.0525. The number of anilines is 1. The van der Waals surface area contributed by atoms with Gasteiger partial charge in [0.05, 0.1) is 27.7 Å². The Labute approximate surface area is 114 Å². The first kappa shape index (κ1) is 14.1. The normalized spacial score (nSPS) is 9.33. The van der Waals surface area contributed by atoms with Gasteiger partial charge in [0.1, 0.15) is 13.1 Å². The third-order valence-corrected chi connectivity index (χ3v) is 2.89. The molecule has 1 amide bonds. The Hall–Kier alpha value is -1.95. The van der Waals surface area contributed by atoms with Crippen LogP contribution in [0.3, 0.4) is 0 Å². The summed E-state index contributed by atoms with van der Waals surface area (Å²) in [6.45, 7) is -0.426. The number of nitriles is 2. The molecule has 1 aromatic rings. The molecule has 0 aliphatic carbocycles. The van der Waals surface area contributed by atoms with Crippen LogP contribution in [0.25, 0.3) is 0 Å². The lowest BCUT2D eigenvalue weighted by atomic mass is 10.1. The molecular weight excluding hydrogens is 275 g/mol. The molecule has 0 atom stereocenters. The summed E-state index contributed by atoms with van der Waals surface area (Å²) in [6.07, 6.45) is 0. The zero-order valence-corrected chi connectivity index (χ0v) is 10.7. The molecule has 7 heteroatoms. The van der Waals surface area contributed by atoms with Gasteiger partial charge in [0, 0.05) is 5.69 Å². The number of hydrogen-bond donors (Lipinski definition) is 1. The van der Waals surface area contributed by atoms with E-state index < -0.39 is 5.91 Å². The molecule has 0 spiro atoms. The quantitative estimate of drug-likeness (QED) is 0.678. The largest absolute Gasteiger partial charge is 0.399 e. The first-order chi connectivity index (χ1) is 8.51. The summed E-state index contributed by atoms with van der Waals surface area (Å²) >= 11 is 11.7. The third kappa shape index (κ3) is 3.04. The maximum atomic E-state index is 12.1. The molecule has 1 aromatic carbocycles. The van der Waals surface area contributed by atoms with Crippen LogP contribution in [0.5, 0.6) is 0 Å². The average Bonchev–Trinajstić information content (AvgIpc) is 2.32. The Morgan fingerprint density at radius 1 is 1.28 bits per heavy atom. The number of carbonyl (C=O) groups excluding carboxylic acids is 1. The molecule has 0 fully saturated rings. The van der Waals surface area contributed by atoms with E-state index in [1.807, 2.05) is 0 Å². The molecule has 0 unspecified atom stereocenters. The second-order valence-electron chi connectivity index (χ2n) is 3.34. The van der Waals surface area contributed by atoms with Gasteiger partial charge in [0.25, 0.3) is 5.91 Å². The molecule has 0 radical (unpaired) electrons. The lowest BCUT2D eigenvalue weighted by Gasteiger charge is -2.17. The summed E-state index contributed by atoms with van der Waals surface area (Å²) in [5.41, 5.74) is 5.93. The first-order valence-corrected chi connectivity index (χ1v) is 5.54. The van der Waals surface area contributed by atoms with Gasteiger partial charge in [-0.25, -0.2) is 0 Å². The second kappa shape index (κ2) is 6.11. The van der Waals surface area contributed by atoms with E-state index in [2.05, 4.69) is 0 Å². The Morgan fingerprint density at radius 3 is 2.33 bits per heavy atom. The fourth-order valence-corrected chi connectivity index (χ4v) is 1.72. The minimum Gasteiger partial charge on any atom is -0.399 e. The van der Waals surface area contributed by atoms with Crippen molar-refractivity contribution in [1.82, 2.24) is 4.90 Å². The van der Waals surface area contributed by atoms with Crippen molar-refractivity contribution in [3.05, 3.63) is 27.7 Å². The van der Waals surface area contributed by atoms with E-state index in [-0.39, 0.29) is 34.4 Å². The minimum atomic E-state index is -0.558. The van der Waals surface area contributed by atoms with Crippen molar-refractivity contribution in [1.29, 1.82) is 10.5 Å². The van der Waals surface area contributed by atoms with Crippen molar-refractivity contribution in [2.24, 2.45) is 0 Å². The highest BCUT2D eigenvalue weighted by Gasteiger charge is 2.20. The van der Waals surface area contributed by atoms with Crippen LogP contribution in [0.15, 0.2) is 12.1 Å². The number of benzene rings is 1. The van der Waals surface area contributed by atoms with E-state index in [1.54, 1.807) is 12.1 Å². The highest BCUT2D eigenvalue weighted by molar-refractivity contribution is 6.44. The Morgan fingerprint density at radius 2 is 1.83 bits per heavy atom. The number of halogens is 2. The molecule has 2 N–H and O–H groups in total. The Bertz CT molecular complexity index is 543. The number of nitrogens with two attached hydrogens (primary N) is 1. The number of amides is 1. The van der Waals surface area contributed by atoms with E-state index >= 15 is 0 Å². The SMILES string of the molecule is N#CCN(CC#N)C(=O)c1cc(N)cc(Cl)c1Cl. The fourth-order valence-electron chi connectivity index (χ4n) is 1.31. The topological polar surface area (TPSA) is 93.9 Å². The second-order valence-corrected chi connectivity index (χ2v) is 4.13. The predicted octanol–water partition coefficient (Wildman–Crippen LogP) is 2.06. The maximum absolute atomic E-state index is 12.1. The van der Waals surface area contributed by atoms with Crippen LogP contribution >= 0.6 is 23.2 Å². The number of hydrogen-bond acceptors (Lipinski definition) is 4. The molecule has 0 heterocycles. The van der Waals surface area contributed by atoms with Crippen molar-refractivity contribution < 1.29 is 4.79 Å². The van der Waals surface area contributed by atoms with Crippen molar-refractivity contribution in [2.75, 3.05) is 18.8 Å². The Kier molecular flexibility index (Phi) is 4.79. The highest BCUT2D eigenvalue weighted by atomic mass is 35.5. The molecule has 0 saturated carbocycles. The van der Waals surface area contributed by atoms with Crippen LogP contribution in [0.4, 0.5) is 5.69 Å². The van der Waals surface area contributed by atoms with Gasteiger partial charge in [-0.05, 0) is 12.1 Å². The summed E-state index contributed by atoms with van der Waals surface area (Å²) in [5.74, 6) is -0.558. The van der Waals surface area contributed by atoms with E-state index in [4.69, 9.17) is 39.5 Å². The molecule has 0 bridgehead atoms. The fraction of sp³-hybridized carbons (Fsp3) is 0.182. The van der Waals surface area contributed by atoms with Crippen molar-refractivity contribution in [3.8, 4) is 12.1 Å². The van der Waals surface area contributed by atoms with E-state index in [0.29, 0.717) is 0 Å². The van der Waals surface area contributed by atoms with Gasteiger partial charge in [-0.15, -0.1) is 0 Å². The monoisotopic (exact) mass is 282 g/mol. The number of rotatable bonds is 3. The van der Waals surface area contributed by atoms with Crippen molar-refractivity contribution in [2.45, 2.75) is 0 Å². The van der Waals surface area contributed by atoms with Crippen LogP contribution < -0.4 is 5.73 Å².